The maximum Gasteiger partial charge on any atom is 0.159 e. The molecule has 0 atom stereocenters. The van der Waals surface area contributed by atoms with E-state index < -0.39 is 5.41 Å². The molecule has 3 aliphatic rings. The Morgan fingerprint density at radius 3 is 1.52 bits per heavy atom. The molecular formula is C62H41NO. The molecular weight excluding hydrogens is 775 g/mol. The number of rotatable bonds is 4. The molecule has 3 aliphatic carbocycles. The van der Waals surface area contributed by atoms with Crippen molar-refractivity contribution < 1.29 is 4.42 Å². The average Bonchev–Trinajstić information content (AvgIpc) is 4.04. The van der Waals surface area contributed by atoms with Crippen LogP contribution in [0.1, 0.15) is 47.2 Å². The van der Waals surface area contributed by atoms with Crippen LogP contribution in [0.5, 0.6) is 0 Å². The van der Waals surface area contributed by atoms with E-state index in [0.717, 1.165) is 60.9 Å². The zero-order valence-corrected chi connectivity index (χ0v) is 35.6. The minimum atomic E-state index is -0.484. The Bertz CT molecular complexity index is 3710. The summed E-state index contributed by atoms with van der Waals surface area (Å²) < 4.78 is 7.28. The van der Waals surface area contributed by atoms with Crippen molar-refractivity contribution in [3.8, 4) is 44.5 Å². The first-order valence-electron chi connectivity index (χ1n) is 22.4. The van der Waals surface area contributed by atoms with Gasteiger partial charge in [-0.2, -0.15) is 0 Å². The van der Waals surface area contributed by atoms with Crippen molar-refractivity contribution in [2.24, 2.45) is 0 Å². The topological polar surface area (TPSA) is 16.4 Å². The predicted molar refractivity (Wildman–Crippen MR) is 265 cm³/mol. The van der Waals surface area contributed by atoms with Crippen molar-refractivity contribution in [3.63, 3.8) is 0 Å². The summed E-state index contributed by atoms with van der Waals surface area (Å²) in [4.78, 5) is 2.49. The predicted octanol–water partition coefficient (Wildman–Crippen LogP) is 16.5. The molecule has 1 heterocycles. The van der Waals surface area contributed by atoms with Gasteiger partial charge in [-0.05, 0) is 126 Å². The standard InChI is InChI=1S/C62H41NO/c1-61(2)52-24-12-8-20-44(52)48-32-29-41(36-56(48)61)63(58-35-40(38-16-4-3-5-17-38)34-51-50-31-28-39-18-6-7-19-43(39)59(50)64-60(51)58)42-30-33-49-47-23-11-15-27-55(47)62(57(49)37-42)53-25-13-9-21-45(53)46-22-10-14-26-54(46)62/h3-37H,1-2H3. The van der Waals surface area contributed by atoms with Crippen molar-refractivity contribution in [1.29, 1.82) is 0 Å². The summed E-state index contributed by atoms with van der Waals surface area (Å²) in [6, 6.07) is 79.0. The Labute approximate surface area is 372 Å². The van der Waals surface area contributed by atoms with Crippen molar-refractivity contribution in [2.45, 2.75) is 24.7 Å². The van der Waals surface area contributed by atoms with E-state index in [2.05, 4.69) is 231 Å². The highest BCUT2D eigenvalue weighted by Crippen LogP contribution is 2.63. The van der Waals surface area contributed by atoms with Crippen LogP contribution in [0, 0.1) is 0 Å². The molecule has 0 saturated carbocycles. The molecule has 0 saturated heterocycles. The summed E-state index contributed by atoms with van der Waals surface area (Å²) in [5, 5.41) is 4.49. The zero-order chi connectivity index (χ0) is 42.3. The van der Waals surface area contributed by atoms with Crippen LogP contribution in [0.2, 0.25) is 0 Å². The van der Waals surface area contributed by atoms with Gasteiger partial charge in [0.25, 0.3) is 0 Å². The van der Waals surface area contributed by atoms with Gasteiger partial charge in [0.1, 0.15) is 5.58 Å². The number of hydrogen-bond donors (Lipinski definition) is 0. The molecule has 2 heteroatoms. The van der Waals surface area contributed by atoms with Crippen LogP contribution in [0.15, 0.2) is 217 Å². The van der Waals surface area contributed by atoms with Gasteiger partial charge in [0.2, 0.25) is 0 Å². The molecule has 0 N–H and O–H groups in total. The Hall–Kier alpha value is -7.94. The average molecular weight is 816 g/mol. The third-order valence-corrected chi connectivity index (χ3v) is 14.9. The molecule has 0 amide bonds. The second kappa shape index (κ2) is 12.8. The van der Waals surface area contributed by atoms with Crippen molar-refractivity contribution >= 4 is 49.8 Å². The van der Waals surface area contributed by atoms with Gasteiger partial charge in [-0.1, -0.05) is 184 Å². The molecule has 14 rings (SSSR count). The highest BCUT2D eigenvalue weighted by atomic mass is 16.3. The lowest BCUT2D eigenvalue weighted by atomic mass is 9.70. The third-order valence-electron chi connectivity index (χ3n) is 14.9. The summed E-state index contributed by atoms with van der Waals surface area (Å²) in [6.45, 7) is 4.74. The third kappa shape index (κ3) is 4.59. The highest BCUT2D eigenvalue weighted by molar-refractivity contribution is 6.18. The molecule has 1 aromatic heterocycles. The number of hydrogen-bond acceptors (Lipinski definition) is 2. The first-order valence-corrected chi connectivity index (χ1v) is 22.4. The van der Waals surface area contributed by atoms with E-state index in [1.165, 1.54) is 66.8 Å². The largest absolute Gasteiger partial charge is 0.453 e. The summed E-state index contributed by atoms with van der Waals surface area (Å²) in [5.74, 6) is 0. The van der Waals surface area contributed by atoms with Crippen LogP contribution in [0.3, 0.4) is 0 Å². The van der Waals surface area contributed by atoms with Crippen molar-refractivity contribution in [2.75, 3.05) is 4.90 Å². The second-order valence-corrected chi connectivity index (χ2v) is 18.4. The smallest absolute Gasteiger partial charge is 0.159 e. The molecule has 1 spiro atoms. The minimum Gasteiger partial charge on any atom is -0.453 e. The van der Waals surface area contributed by atoms with Crippen LogP contribution in [-0.2, 0) is 10.8 Å². The molecule has 10 aromatic carbocycles. The number of anilines is 3. The fourth-order valence-electron chi connectivity index (χ4n) is 12.0. The van der Waals surface area contributed by atoms with Gasteiger partial charge in [0, 0.05) is 32.9 Å². The summed E-state index contributed by atoms with van der Waals surface area (Å²) in [6.07, 6.45) is 0. The van der Waals surface area contributed by atoms with Crippen molar-refractivity contribution in [3.05, 3.63) is 246 Å². The van der Waals surface area contributed by atoms with Crippen LogP contribution in [0.25, 0.3) is 77.2 Å². The molecule has 0 aliphatic heterocycles. The Morgan fingerprint density at radius 2 is 0.859 bits per heavy atom. The first kappa shape index (κ1) is 35.6. The van der Waals surface area contributed by atoms with E-state index in [9.17, 15) is 0 Å². The minimum absolute atomic E-state index is 0.187. The van der Waals surface area contributed by atoms with E-state index >= 15 is 0 Å². The van der Waals surface area contributed by atoms with Crippen LogP contribution in [0.4, 0.5) is 17.1 Å². The normalized spacial score (nSPS) is 14.3. The SMILES string of the molecule is CC1(C)c2ccccc2-c2ccc(N(c3ccc4c(c3)C3(c5ccccc5-c5ccccc53)c3ccccc3-4)c3cc(-c4ccccc4)cc4c3oc3c5ccccc5ccc43)cc21. The lowest BCUT2D eigenvalue weighted by molar-refractivity contribution is 0.660. The number of benzene rings is 10. The van der Waals surface area contributed by atoms with Gasteiger partial charge in [-0.25, -0.2) is 0 Å². The van der Waals surface area contributed by atoms with Crippen LogP contribution in [-0.4, -0.2) is 0 Å². The summed E-state index contributed by atoms with van der Waals surface area (Å²) >= 11 is 0. The highest BCUT2D eigenvalue weighted by Gasteiger charge is 2.51. The van der Waals surface area contributed by atoms with E-state index in [0.29, 0.717) is 0 Å². The maximum atomic E-state index is 7.28. The van der Waals surface area contributed by atoms with Gasteiger partial charge < -0.3 is 9.32 Å². The molecule has 0 bridgehead atoms. The van der Waals surface area contributed by atoms with Crippen molar-refractivity contribution in [1.82, 2.24) is 0 Å². The van der Waals surface area contributed by atoms with Gasteiger partial charge in [-0.3, -0.25) is 0 Å². The van der Waals surface area contributed by atoms with E-state index in [4.69, 9.17) is 4.42 Å². The first-order chi connectivity index (χ1) is 31.5. The quantitative estimate of drug-likeness (QED) is 0.176. The van der Waals surface area contributed by atoms with E-state index in [1.807, 2.05) is 0 Å². The Balaban J connectivity index is 1.10. The molecule has 0 radical (unpaired) electrons. The number of nitrogens with zero attached hydrogens (tertiary/aromatic N) is 1. The molecule has 300 valence electrons. The van der Waals surface area contributed by atoms with E-state index in [1.54, 1.807) is 0 Å². The van der Waals surface area contributed by atoms with Crippen LogP contribution < -0.4 is 4.90 Å². The van der Waals surface area contributed by atoms with Gasteiger partial charge >= 0.3 is 0 Å². The molecule has 0 unspecified atom stereocenters. The zero-order valence-electron chi connectivity index (χ0n) is 35.6. The molecule has 64 heavy (non-hydrogen) atoms. The van der Waals surface area contributed by atoms with Gasteiger partial charge in [0.05, 0.1) is 11.1 Å². The van der Waals surface area contributed by atoms with Gasteiger partial charge in [-0.15, -0.1) is 0 Å². The fourth-order valence-corrected chi connectivity index (χ4v) is 12.0. The van der Waals surface area contributed by atoms with E-state index in [-0.39, 0.29) is 5.41 Å². The molecule has 0 fully saturated rings. The van der Waals surface area contributed by atoms with Gasteiger partial charge in [0.15, 0.2) is 5.58 Å². The monoisotopic (exact) mass is 815 g/mol. The number of fused-ring (bicyclic) bond motifs is 18. The summed E-state index contributed by atoms with van der Waals surface area (Å²) in [5.41, 5.74) is 22.3. The fraction of sp³-hybridized carbons (Fsp3) is 0.0645. The lowest BCUT2D eigenvalue weighted by Gasteiger charge is -2.32. The Kier molecular flexibility index (Phi) is 7.13. The summed E-state index contributed by atoms with van der Waals surface area (Å²) in [7, 11) is 0. The maximum absolute atomic E-state index is 7.28. The van der Waals surface area contributed by atoms with Crippen LogP contribution >= 0.6 is 0 Å². The number of furan rings is 1. The molecule has 11 aromatic rings. The lowest BCUT2D eigenvalue weighted by Crippen LogP contribution is -2.26. The Morgan fingerprint density at radius 1 is 0.344 bits per heavy atom. The molecule has 2 nitrogen and oxygen atoms in total. The second-order valence-electron chi connectivity index (χ2n) is 18.4.